The fraction of sp³-hybridized carbons (Fsp3) is 1.00. The quantitative estimate of drug-likeness (QED) is 0.681. The Morgan fingerprint density at radius 3 is 2.47 bits per heavy atom. The molecule has 1 unspecified atom stereocenters. The summed E-state index contributed by atoms with van der Waals surface area (Å²) in [5.74, 6) is -0.00900. The fourth-order valence-electron chi connectivity index (χ4n) is 1.93. The molecule has 1 aliphatic rings. The number of hydrogen-bond acceptors (Lipinski definition) is 4. The smallest absolute Gasteiger partial charge is 0.228 e. The summed E-state index contributed by atoms with van der Waals surface area (Å²) in [4.78, 5) is 0. The van der Waals surface area contributed by atoms with Gasteiger partial charge in [0.2, 0.25) is 10.0 Å². The predicted octanol–water partition coefficient (Wildman–Crippen LogP) is 0.802. The standard InChI is InChI=1S/C9H18ClNO4S2/c1-2-3-5-11(17(14,15)8-10)9-4-6-16(12,13)7-9/h9H,2-8H2,1H3. The maximum atomic E-state index is 11.8. The van der Waals surface area contributed by atoms with Gasteiger partial charge in [-0.15, -0.1) is 11.6 Å². The molecule has 5 nitrogen and oxygen atoms in total. The molecule has 0 amide bonds. The highest BCUT2D eigenvalue weighted by Crippen LogP contribution is 2.21. The van der Waals surface area contributed by atoms with E-state index in [1.165, 1.54) is 4.31 Å². The lowest BCUT2D eigenvalue weighted by Crippen LogP contribution is -2.42. The van der Waals surface area contributed by atoms with Crippen LogP contribution in [0.3, 0.4) is 0 Å². The molecule has 0 spiro atoms. The van der Waals surface area contributed by atoms with E-state index in [1.807, 2.05) is 6.92 Å². The second kappa shape index (κ2) is 5.86. The first-order valence-corrected chi connectivity index (χ1v) is 9.55. The lowest BCUT2D eigenvalue weighted by Gasteiger charge is -2.26. The van der Waals surface area contributed by atoms with E-state index in [4.69, 9.17) is 11.6 Å². The van der Waals surface area contributed by atoms with Crippen molar-refractivity contribution >= 4 is 31.5 Å². The van der Waals surface area contributed by atoms with Crippen LogP contribution < -0.4 is 0 Å². The average molecular weight is 304 g/mol. The minimum atomic E-state index is -3.53. The van der Waals surface area contributed by atoms with Crippen LogP contribution in [-0.2, 0) is 19.9 Å². The zero-order chi connectivity index (χ0) is 13.1. The normalized spacial score (nSPS) is 24.3. The Kier molecular flexibility index (Phi) is 5.24. The molecular weight excluding hydrogens is 286 g/mol. The summed E-state index contributed by atoms with van der Waals surface area (Å²) in [6, 6.07) is -0.435. The van der Waals surface area contributed by atoms with Crippen molar-refractivity contribution in [2.75, 3.05) is 23.3 Å². The molecule has 1 atom stereocenters. The molecule has 1 aliphatic heterocycles. The van der Waals surface area contributed by atoms with Gasteiger partial charge in [-0.1, -0.05) is 13.3 Å². The first-order valence-electron chi connectivity index (χ1n) is 5.58. The Morgan fingerprint density at radius 1 is 1.41 bits per heavy atom. The lowest BCUT2D eigenvalue weighted by atomic mass is 10.2. The van der Waals surface area contributed by atoms with Crippen LogP contribution in [0.4, 0.5) is 0 Å². The highest BCUT2D eigenvalue weighted by Gasteiger charge is 2.37. The molecule has 1 saturated heterocycles. The molecule has 8 heteroatoms. The van der Waals surface area contributed by atoms with Crippen molar-refractivity contribution in [1.82, 2.24) is 4.31 Å². The average Bonchev–Trinajstić information content (AvgIpc) is 2.59. The number of hydrogen-bond donors (Lipinski definition) is 0. The second-order valence-electron chi connectivity index (χ2n) is 4.24. The number of unbranched alkanes of at least 4 members (excludes halogenated alkanes) is 1. The predicted molar refractivity (Wildman–Crippen MR) is 68.3 cm³/mol. The molecule has 1 fully saturated rings. The van der Waals surface area contributed by atoms with Crippen LogP contribution in [-0.4, -0.2) is 50.4 Å². The lowest BCUT2D eigenvalue weighted by molar-refractivity contribution is 0.337. The highest BCUT2D eigenvalue weighted by molar-refractivity contribution is 7.92. The molecule has 17 heavy (non-hydrogen) atoms. The molecular formula is C9H18ClNO4S2. The Labute approximate surface area is 108 Å². The highest BCUT2D eigenvalue weighted by atomic mass is 35.5. The minimum absolute atomic E-state index is 0.0676. The van der Waals surface area contributed by atoms with Crippen molar-refractivity contribution < 1.29 is 16.8 Å². The Hall–Kier alpha value is 0.150. The summed E-state index contributed by atoms with van der Waals surface area (Å²) in [7, 11) is -6.62. The van der Waals surface area contributed by atoms with Crippen molar-refractivity contribution in [3.05, 3.63) is 0 Å². The van der Waals surface area contributed by atoms with Crippen LogP contribution in [0.2, 0.25) is 0 Å². The van der Waals surface area contributed by atoms with Gasteiger partial charge in [0.15, 0.2) is 9.84 Å². The monoisotopic (exact) mass is 303 g/mol. The summed E-state index contributed by atoms with van der Waals surface area (Å²) < 4.78 is 47.6. The first-order chi connectivity index (χ1) is 7.82. The number of alkyl halides is 1. The van der Waals surface area contributed by atoms with Gasteiger partial charge in [-0.2, -0.15) is 4.31 Å². The molecule has 0 radical (unpaired) electrons. The van der Waals surface area contributed by atoms with Crippen molar-refractivity contribution in [2.24, 2.45) is 0 Å². The van der Waals surface area contributed by atoms with Crippen molar-refractivity contribution in [2.45, 2.75) is 32.2 Å². The summed E-state index contributed by atoms with van der Waals surface area (Å²) in [5, 5.41) is -0.493. The van der Waals surface area contributed by atoms with Crippen LogP contribution in [0.1, 0.15) is 26.2 Å². The molecule has 102 valence electrons. The number of sulfone groups is 1. The number of nitrogens with zero attached hydrogens (tertiary/aromatic N) is 1. The van der Waals surface area contributed by atoms with Crippen LogP contribution >= 0.6 is 11.6 Å². The van der Waals surface area contributed by atoms with Gasteiger partial charge in [0, 0.05) is 12.6 Å². The third-order valence-corrected chi connectivity index (χ3v) is 6.89. The van der Waals surface area contributed by atoms with E-state index in [0.717, 1.165) is 6.42 Å². The fourth-order valence-corrected chi connectivity index (χ4v) is 5.30. The van der Waals surface area contributed by atoms with Crippen molar-refractivity contribution in [3.8, 4) is 0 Å². The number of rotatable bonds is 6. The molecule has 0 aromatic carbocycles. The maximum absolute atomic E-state index is 11.8. The zero-order valence-corrected chi connectivity index (χ0v) is 12.2. The van der Waals surface area contributed by atoms with E-state index >= 15 is 0 Å². The second-order valence-corrected chi connectivity index (χ2v) is 8.98. The van der Waals surface area contributed by atoms with E-state index < -0.39 is 31.1 Å². The summed E-state index contributed by atoms with van der Waals surface area (Å²) >= 11 is 5.44. The minimum Gasteiger partial charge on any atom is -0.229 e. The zero-order valence-electron chi connectivity index (χ0n) is 9.80. The molecule has 0 bridgehead atoms. The van der Waals surface area contributed by atoms with Gasteiger partial charge in [-0.05, 0) is 12.8 Å². The van der Waals surface area contributed by atoms with Crippen molar-refractivity contribution in [3.63, 3.8) is 0 Å². The molecule has 0 N–H and O–H groups in total. The maximum Gasteiger partial charge on any atom is 0.228 e. The molecule has 0 saturated carbocycles. The Morgan fingerprint density at radius 2 is 2.06 bits per heavy atom. The van der Waals surface area contributed by atoms with E-state index in [1.54, 1.807) is 0 Å². The summed E-state index contributed by atoms with van der Waals surface area (Å²) in [6.07, 6.45) is 1.95. The van der Waals surface area contributed by atoms with E-state index in [9.17, 15) is 16.8 Å². The SMILES string of the molecule is CCCCN(C1CCS(=O)(=O)C1)S(=O)(=O)CCl. The van der Waals surface area contributed by atoms with E-state index in [-0.39, 0.29) is 11.5 Å². The first kappa shape index (κ1) is 15.2. The van der Waals surface area contributed by atoms with Gasteiger partial charge in [0.1, 0.15) is 5.21 Å². The summed E-state index contributed by atoms with van der Waals surface area (Å²) in [5.41, 5.74) is 0. The molecule has 0 aliphatic carbocycles. The van der Waals surface area contributed by atoms with Gasteiger partial charge in [0.25, 0.3) is 0 Å². The van der Waals surface area contributed by atoms with Crippen LogP contribution in [0.15, 0.2) is 0 Å². The molecule has 0 aromatic rings. The molecule has 1 rings (SSSR count). The molecule has 0 aromatic heterocycles. The van der Waals surface area contributed by atoms with Gasteiger partial charge >= 0.3 is 0 Å². The van der Waals surface area contributed by atoms with Crippen molar-refractivity contribution in [1.29, 1.82) is 0 Å². The van der Waals surface area contributed by atoms with E-state index in [0.29, 0.717) is 19.4 Å². The largest absolute Gasteiger partial charge is 0.229 e. The van der Waals surface area contributed by atoms with E-state index in [2.05, 4.69) is 0 Å². The Balaban J connectivity index is 2.85. The Bertz CT molecular complexity index is 446. The van der Waals surface area contributed by atoms with Gasteiger partial charge in [0.05, 0.1) is 11.5 Å². The number of halogens is 1. The third kappa shape index (κ3) is 4.08. The number of sulfonamides is 1. The van der Waals surface area contributed by atoms with Gasteiger partial charge in [-0.25, -0.2) is 16.8 Å². The van der Waals surface area contributed by atoms with Crippen LogP contribution in [0.25, 0.3) is 0 Å². The third-order valence-electron chi connectivity index (χ3n) is 2.84. The topological polar surface area (TPSA) is 71.5 Å². The van der Waals surface area contributed by atoms with Crippen LogP contribution in [0, 0.1) is 0 Å². The van der Waals surface area contributed by atoms with Gasteiger partial charge in [-0.3, -0.25) is 0 Å². The summed E-state index contributed by atoms with van der Waals surface area (Å²) in [6.45, 7) is 2.31. The molecule has 1 heterocycles. The van der Waals surface area contributed by atoms with Gasteiger partial charge < -0.3 is 0 Å². The van der Waals surface area contributed by atoms with Crippen LogP contribution in [0.5, 0.6) is 0 Å².